The molecular formula is C14H16BrO2P. The Morgan fingerprint density at radius 1 is 0.778 bits per heavy atom. The number of benzene rings is 2. The predicted molar refractivity (Wildman–Crippen MR) is 82.6 cm³/mol. The molecule has 4 heteroatoms. The van der Waals surface area contributed by atoms with Gasteiger partial charge in [-0.1, -0.05) is 36.4 Å². The topological polar surface area (TPSA) is 18.5 Å². The van der Waals surface area contributed by atoms with E-state index >= 15 is 0 Å². The van der Waals surface area contributed by atoms with Crippen molar-refractivity contribution in [2.75, 3.05) is 0 Å². The minimum Gasteiger partial charge on any atom is -0.450 e. The van der Waals surface area contributed by atoms with E-state index in [9.17, 15) is 0 Å². The number of hydrogen-bond acceptors (Lipinski definition) is 2. The first-order chi connectivity index (χ1) is 8.16. The molecule has 2 rings (SSSR count). The molecule has 0 saturated carbocycles. The van der Waals surface area contributed by atoms with Gasteiger partial charge >= 0.3 is 0 Å². The summed E-state index contributed by atoms with van der Waals surface area (Å²) in [5.74, 6) is 1.56. The van der Waals surface area contributed by atoms with Crippen molar-refractivity contribution in [3.05, 3.63) is 60.7 Å². The normalized spacial score (nSPS) is 10.3. The summed E-state index contributed by atoms with van der Waals surface area (Å²) in [5, 5.41) is 0. The van der Waals surface area contributed by atoms with Crippen LogP contribution in [0.1, 0.15) is 6.92 Å². The molecule has 0 heterocycles. The van der Waals surface area contributed by atoms with Gasteiger partial charge in [-0.25, -0.2) is 0 Å². The molecule has 2 aromatic carbocycles. The number of hydrogen-bond donors (Lipinski definition) is 0. The second-order valence-electron chi connectivity index (χ2n) is 3.85. The first-order valence-electron chi connectivity index (χ1n) is 5.43. The lowest BCUT2D eigenvalue weighted by Gasteiger charge is -2.27. The van der Waals surface area contributed by atoms with Crippen LogP contribution in [0.2, 0.25) is 0 Å². The highest BCUT2D eigenvalue weighted by molar-refractivity contribution is 8.93. The molecule has 96 valence electrons. The Kier molecular flexibility index (Phi) is 5.64. The average Bonchev–Trinajstić information content (AvgIpc) is 2.30. The van der Waals surface area contributed by atoms with Crippen LogP contribution in [0.5, 0.6) is 11.5 Å². The Balaban J connectivity index is 0.00000162. The summed E-state index contributed by atoms with van der Waals surface area (Å²) in [6, 6.07) is 19.2. The summed E-state index contributed by atoms with van der Waals surface area (Å²) >= 11 is 0. The molecule has 0 fully saturated rings. The Morgan fingerprint density at radius 2 is 1.11 bits per heavy atom. The van der Waals surface area contributed by atoms with Gasteiger partial charge in [-0.05, 0) is 33.5 Å². The molecule has 0 aromatic heterocycles. The van der Waals surface area contributed by atoms with Gasteiger partial charge in [0.15, 0.2) is 0 Å². The fraction of sp³-hybridized carbons (Fsp3) is 0.143. The van der Waals surface area contributed by atoms with Gasteiger partial charge in [0.25, 0.3) is 5.53 Å². The van der Waals surface area contributed by atoms with Crippen molar-refractivity contribution >= 4 is 26.2 Å². The highest BCUT2D eigenvalue weighted by Gasteiger charge is 2.21. The van der Waals surface area contributed by atoms with Crippen LogP contribution >= 0.6 is 26.2 Å². The Bertz CT molecular complexity index is 416. The van der Waals surface area contributed by atoms with Gasteiger partial charge < -0.3 is 9.47 Å². The molecule has 1 unspecified atom stereocenters. The van der Waals surface area contributed by atoms with Crippen molar-refractivity contribution in [3.8, 4) is 11.5 Å². The second kappa shape index (κ2) is 6.77. The molecule has 0 N–H and O–H groups in total. The molecule has 2 nitrogen and oxygen atoms in total. The number of ether oxygens (including phenoxy) is 2. The van der Waals surface area contributed by atoms with Crippen LogP contribution in [0.4, 0.5) is 0 Å². The third-order valence-corrected chi connectivity index (χ3v) is 2.36. The largest absolute Gasteiger partial charge is 0.450 e. The van der Waals surface area contributed by atoms with E-state index in [2.05, 4.69) is 9.24 Å². The standard InChI is InChI=1S/C14H15O2P.BrH/c1-14(17,15-12-8-4-2-5-9-12)16-13-10-6-3-7-11-13;/h2-11H,17H2,1H3;1H. The van der Waals surface area contributed by atoms with Crippen molar-refractivity contribution < 1.29 is 9.47 Å². The molecule has 1 atom stereocenters. The lowest BCUT2D eigenvalue weighted by Crippen LogP contribution is -2.31. The Labute approximate surface area is 120 Å². The van der Waals surface area contributed by atoms with E-state index in [1.54, 1.807) is 0 Å². The third kappa shape index (κ3) is 4.67. The fourth-order valence-electron chi connectivity index (χ4n) is 1.47. The van der Waals surface area contributed by atoms with Crippen LogP contribution in [-0.4, -0.2) is 5.53 Å². The fourth-order valence-corrected chi connectivity index (χ4v) is 1.74. The van der Waals surface area contributed by atoms with Gasteiger partial charge in [-0.2, -0.15) is 0 Å². The highest BCUT2D eigenvalue weighted by atomic mass is 79.9. The van der Waals surface area contributed by atoms with Crippen molar-refractivity contribution in [2.24, 2.45) is 0 Å². The first kappa shape index (κ1) is 15.0. The van der Waals surface area contributed by atoms with E-state index in [0.29, 0.717) is 0 Å². The summed E-state index contributed by atoms with van der Waals surface area (Å²) < 4.78 is 11.5. The van der Waals surface area contributed by atoms with E-state index in [4.69, 9.17) is 9.47 Å². The maximum absolute atomic E-state index is 5.75. The molecule has 0 aliphatic heterocycles. The molecule has 0 radical (unpaired) electrons. The highest BCUT2D eigenvalue weighted by Crippen LogP contribution is 2.27. The number of para-hydroxylation sites is 2. The van der Waals surface area contributed by atoms with Crippen molar-refractivity contribution in [1.29, 1.82) is 0 Å². The maximum atomic E-state index is 5.75. The Morgan fingerprint density at radius 3 is 1.44 bits per heavy atom. The van der Waals surface area contributed by atoms with Crippen LogP contribution < -0.4 is 9.47 Å². The zero-order valence-corrected chi connectivity index (χ0v) is 12.9. The van der Waals surface area contributed by atoms with Crippen LogP contribution in [0.3, 0.4) is 0 Å². The van der Waals surface area contributed by atoms with E-state index in [-0.39, 0.29) is 17.0 Å². The van der Waals surface area contributed by atoms with Gasteiger partial charge in [0.2, 0.25) is 0 Å². The molecule has 0 bridgehead atoms. The van der Waals surface area contributed by atoms with Gasteiger partial charge in [0, 0.05) is 6.92 Å². The smallest absolute Gasteiger partial charge is 0.259 e. The molecule has 0 aliphatic carbocycles. The minimum absolute atomic E-state index is 0. The van der Waals surface area contributed by atoms with E-state index in [1.807, 2.05) is 67.6 Å². The number of halogens is 1. The van der Waals surface area contributed by atoms with Crippen LogP contribution in [0.25, 0.3) is 0 Å². The zero-order valence-electron chi connectivity index (χ0n) is 10.1. The first-order valence-corrected chi connectivity index (χ1v) is 6.00. The van der Waals surface area contributed by atoms with Crippen molar-refractivity contribution in [3.63, 3.8) is 0 Å². The Hall–Kier alpha value is -1.05. The quantitative estimate of drug-likeness (QED) is 0.617. The zero-order chi connectivity index (χ0) is 12.1. The van der Waals surface area contributed by atoms with Gasteiger partial charge in [-0.15, -0.1) is 17.0 Å². The van der Waals surface area contributed by atoms with Gasteiger partial charge in [0.1, 0.15) is 11.5 Å². The SMILES string of the molecule is Br.CC(P)(Oc1ccccc1)Oc1ccccc1. The summed E-state index contributed by atoms with van der Waals surface area (Å²) in [6.45, 7) is 1.86. The van der Waals surface area contributed by atoms with Crippen LogP contribution in [-0.2, 0) is 0 Å². The van der Waals surface area contributed by atoms with Crippen molar-refractivity contribution in [2.45, 2.75) is 12.5 Å². The third-order valence-electron chi connectivity index (χ3n) is 2.13. The molecule has 2 aromatic rings. The van der Waals surface area contributed by atoms with Crippen LogP contribution in [0.15, 0.2) is 60.7 Å². The molecular weight excluding hydrogens is 311 g/mol. The molecule has 0 amide bonds. The van der Waals surface area contributed by atoms with E-state index in [1.165, 1.54) is 0 Å². The lowest BCUT2D eigenvalue weighted by atomic mass is 10.3. The van der Waals surface area contributed by atoms with Gasteiger partial charge in [0.05, 0.1) is 0 Å². The number of rotatable bonds is 4. The monoisotopic (exact) mass is 326 g/mol. The molecule has 0 saturated heterocycles. The maximum Gasteiger partial charge on any atom is 0.259 e. The molecule has 0 spiro atoms. The van der Waals surface area contributed by atoms with E-state index in [0.717, 1.165) is 11.5 Å². The van der Waals surface area contributed by atoms with E-state index < -0.39 is 5.53 Å². The van der Waals surface area contributed by atoms with Crippen molar-refractivity contribution in [1.82, 2.24) is 0 Å². The minimum atomic E-state index is -0.775. The predicted octanol–water partition coefficient (Wildman–Crippen LogP) is 4.27. The second-order valence-corrected chi connectivity index (χ2v) is 4.89. The summed E-state index contributed by atoms with van der Waals surface area (Å²) in [5.41, 5.74) is -0.775. The molecule has 18 heavy (non-hydrogen) atoms. The summed E-state index contributed by atoms with van der Waals surface area (Å²) in [4.78, 5) is 0. The van der Waals surface area contributed by atoms with Gasteiger partial charge in [-0.3, -0.25) is 0 Å². The summed E-state index contributed by atoms with van der Waals surface area (Å²) in [7, 11) is 2.57. The lowest BCUT2D eigenvalue weighted by molar-refractivity contribution is -0.0140. The average molecular weight is 327 g/mol. The van der Waals surface area contributed by atoms with Crippen LogP contribution in [0, 0.1) is 0 Å². The summed E-state index contributed by atoms with van der Waals surface area (Å²) in [6.07, 6.45) is 0. The molecule has 0 aliphatic rings.